The van der Waals surface area contributed by atoms with E-state index in [1.165, 1.54) is 17.8 Å². The Bertz CT molecular complexity index is 1110. The molecule has 5 atom stereocenters. The number of benzene rings is 1. The molecule has 4 nitrogen and oxygen atoms in total. The van der Waals surface area contributed by atoms with Crippen LogP contribution in [0.1, 0.15) is 44.1 Å². The molecule has 1 N–H and O–H groups in total. The summed E-state index contributed by atoms with van der Waals surface area (Å²) in [7, 11) is 0. The lowest BCUT2D eigenvalue weighted by atomic mass is 9.86. The first kappa shape index (κ1) is 20.4. The van der Waals surface area contributed by atoms with Crippen LogP contribution < -0.4 is 5.32 Å². The summed E-state index contributed by atoms with van der Waals surface area (Å²) in [5.74, 6) is 2.35. The minimum absolute atomic E-state index is 0.0203. The van der Waals surface area contributed by atoms with Gasteiger partial charge in [-0.2, -0.15) is 0 Å². The number of amides is 1. The van der Waals surface area contributed by atoms with Gasteiger partial charge in [-0.1, -0.05) is 18.5 Å². The maximum atomic E-state index is 13.8. The van der Waals surface area contributed by atoms with Crippen molar-refractivity contribution in [1.29, 1.82) is 0 Å². The van der Waals surface area contributed by atoms with Gasteiger partial charge in [0, 0.05) is 23.7 Å². The minimum Gasteiger partial charge on any atom is -0.310 e. The fourth-order valence-corrected chi connectivity index (χ4v) is 5.84. The molecule has 1 amide bonds. The van der Waals surface area contributed by atoms with Crippen molar-refractivity contribution < 1.29 is 9.18 Å². The molecule has 0 saturated heterocycles. The van der Waals surface area contributed by atoms with Gasteiger partial charge in [0.1, 0.15) is 11.6 Å². The molecule has 0 aliphatic heterocycles. The van der Waals surface area contributed by atoms with Crippen LogP contribution in [-0.2, 0) is 4.79 Å². The fraction of sp³-hybridized carbons (Fsp3) is 0.400. The van der Waals surface area contributed by atoms with Gasteiger partial charge in [-0.05, 0) is 91.3 Å². The highest BCUT2D eigenvalue weighted by atomic mass is 35.5. The van der Waals surface area contributed by atoms with Crippen LogP contribution in [0.2, 0.25) is 5.02 Å². The molecular weight excluding hydrogens is 413 g/mol. The Labute approximate surface area is 186 Å². The topological polar surface area (TPSA) is 54.9 Å². The van der Waals surface area contributed by atoms with Crippen LogP contribution in [0.4, 0.5) is 10.2 Å². The van der Waals surface area contributed by atoms with Crippen molar-refractivity contribution in [3.05, 3.63) is 65.2 Å². The van der Waals surface area contributed by atoms with Crippen molar-refractivity contribution in [3.63, 3.8) is 0 Å². The molecular formula is C25H25ClFN3O. The van der Waals surface area contributed by atoms with Crippen molar-refractivity contribution in [2.24, 2.45) is 23.7 Å². The average molecular weight is 438 g/mol. The zero-order valence-electron chi connectivity index (χ0n) is 17.4. The second-order valence-electron chi connectivity index (χ2n) is 9.12. The SMILES string of the molecule is C[C@@H](C(=O)Nc1ccc(Cl)cn1)C1C[C@H]2CC(c3ccnc4ccc(F)cc34)C[C@H]2C1. The summed E-state index contributed by atoms with van der Waals surface area (Å²) >= 11 is 5.87. The van der Waals surface area contributed by atoms with E-state index in [1.807, 2.05) is 13.1 Å². The normalized spacial score (nSPS) is 26.0. The number of nitrogens with one attached hydrogen (secondary N) is 1. The van der Waals surface area contributed by atoms with E-state index in [1.54, 1.807) is 24.3 Å². The van der Waals surface area contributed by atoms with E-state index in [-0.39, 0.29) is 17.6 Å². The van der Waals surface area contributed by atoms with Crippen molar-refractivity contribution in [1.82, 2.24) is 9.97 Å². The average Bonchev–Trinajstić information content (AvgIpc) is 3.33. The maximum Gasteiger partial charge on any atom is 0.228 e. The van der Waals surface area contributed by atoms with Crippen LogP contribution in [-0.4, -0.2) is 15.9 Å². The van der Waals surface area contributed by atoms with Gasteiger partial charge in [0.15, 0.2) is 0 Å². The summed E-state index contributed by atoms with van der Waals surface area (Å²) in [5, 5.41) is 4.41. The molecule has 3 aromatic rings. The van der Waals surface area contributed by atoms with E-state index in [4.69, 9.17) is 11.6 Å². The molecule has 2 aliphatic carbocycles. The number of hydrogen-bond donors (Lipinski definition) is 1. The number of pyridine rings is 2. The van der Waals surface area contributed by atoms with Crippen LogP contribution in [0.15, 0.2) is 48.8 Å². The number of hydrogen-bond acceptors (Lipinski definition) is 3. The zero-order valence-corrected chi connectivity index (χ0v) is 18.1. The van der Waals surface area contributed by atoms with Gasteiger partial charge in [0.2, 0.25) is 5.91 Å². The number of fused-ring (bicyclic) bond motifs is 2. The van der Waals surface area contributed by atoms with Crippen molar-refractivity contribution in [2.75, 3.05) is 5.32 Å². The Morgan fingerprint density at radius 3 is 2.58 bits per heavy atom. The third kappa shape index (κ3) is 4.03. The molecule has 2 saturated carbocycles. The van der Waals surface area contributed by atoms with Crippen molar-refractivity contribution in [2.45, 2.75) is 38.5 Å². The number of aromatic nitrogens is 2. The summed E-state index contributed by atoms with van der Waals surface area (Å²) in [6, 6.07) is 10.4. The lowest BCUT2D eigenvalue weighted by molar-refractivity contribution is -0.120. The van der Waals surface area contributed by atoms with E-state index in [0.717, 1.165) is 36.6 Å². The Balaban J connectivity index is 1.24. The van der Waals surface area contributed by atoms with E-state index < -0.39 is 0 Å². The molecule has 0 bridgehead atoms. The van der Waals surface area contributed by atoms with Gasteiger partial charge >= 0.3 is 0 Å². The predicted molar refractivity (Wildman–Crippen MR) is 120 cm³/mol. The van der Waals surface area contributed by atoms with Crippen LogP contribution in [0.25, 0.3) is 10.9 Å². The van der Waals surface area contributed by atoms with Crippen LogP contribution in [0.5, 0.6) is 0 Å². The number of carbonyl (C=O) groups is 1. The molecule has 2 fully saturated rings. The quantitative estimate of drug-likeness (QED) is 0.527. The number of halogens is 2. The van der Waals surface area contributed by atoms with Crippen LogP contribution in [0, 0.1) is 29.5 Å². The fourth-order valence-electron chi connectivity index (χ4n) is 5.73. The highest BCUT2D eigenvalue weighted by molar-refractivity contribution is 6.30. The van der Waals surface area contributed by atoms with Crippen LogP contribution >= 0.6 is 11.6 Å². The molecule has 5 rings (SSSR count). The molecule has 2 aliphatic rings. The highest BCUT2D eigenvalue weighted by Crippen LogP contribution is 2.54. The second kappa shape index (κ2) is 8.19. The first-order chi connectivity index (χ1) is 15.0. The Hall–Kier alpha value is -2.53. The summed E-state index contributed by atoms with van der Waals surface area (Å²) in [6.45, 7) is 2.02. The molecule has 2 unspecified atom stereocenters. The van der Waals surface area contributed by atoms with Crippen LogP contribution in [0.3, 0.4) is 0 Å². The summed E-state index contributed by atoms with van der Waals surface area (Å²) in [5.41, 5.74) is 2.07. The van der Waals surface area contributed by atoms with Gasteiger partial charge in [-0.25, -0.2) is 9.37 Å². The predicted octanol–water partition coefficient (Wildman–Crippen LogP) is 6.22. The highest BCUT2D eigenvalue weighted by Gasteiger charge is 2.44. The summed E-state index contributed by atoms with van der Waals surface area (Å²) in [4.78, 5) is 21.3. The molecule has 31 heavy (non-hydrogen) atoms. The van der Waals surface area contributed by atoms with E-state index >= 15 is 0 Å². The zero-order chi connectivity index (χ0) is 21.5. The van der Waals surface area contributed by atoms with Gasteiger partial charge in [0.25, 0.3) is 0 Å². The molecule has 6 heteroatoms. The van der Waals surface area contributed by atoms with Gasteiger partial charge < -0.3 is 5.32 Å². The van der Waals surface area contributed by atoms with Crippen molar-refractivity contribution in [3.8, 4) is 0 Å². The monoisotopic (exact) mass is 437 g/mol. The lowest BCUT2D eigenvalue weighted by Gasteiger charge is -2.21. The minimum atomic E-state index is -0.213. The smallest absolute Gasteiger partial charge is 0.228 e. The third-order valence-electron chi connectivity index (χ3n) is 7.33. The largest absolute Gasteiger partial charge is 0.310 e. The standard InChI is InChI=1S/C25H25ClFN3O/c1-14(25(31)30-24-5-2-19(26)13-29-24)15-8-16-10-18(11-17(16)9-15)21-6-7-28-23-4-3-20(27)12-22(21)23/h2-7,12-18H,8-11H2,1H3,(H,29,30,31)/t14-,15?,16-,17+,18?/m1/s1. The Morgan fingerprint density at radius 2 is 1.87 bits per heavy atom. The third-order valence-corrected chi connectivity index (χ3v) is 7.55. The van der Waals surface area contributed by atoms with Gasteiger partial charge in [-0.3, -0.25) is 9.78 Å². The lowest BCUT2D eigenvalue weighted by Crippen LogP contribution is -2.26. The first-order valence-corrected chi connectivity index (χ1v) is 11.3. The Kier molecular flexibility index (Phi) is 5.39. The number of nitrogens with zero attached hydrogens (tertiary/aromatic N) is 2. The molecule has 1 aromatic carbocycles. The van der Waals surface area contributed by atoms with Crippen molar-refractivity contribution >= 4 is 34.2 Å². The number of carbonyl (C=O) groups excluding carboxylic acids is 1. The molecule has 0 spiro atoms. The summed E-state index contributed by atoms with van der Waals surface area (Å²) in [6.07, 6.45) is 7.72. The molecule has 2 aromatic heterocycles. The maximum absolute atomic E-state index is 13.8. The molecule has 160 valence electrons. The molecule has 0 radical (unpaired) electrons. The second-order valence-corrected chi connectivity index (χ2v) is 9.56. The number of anilines is 1. The van der Waals surface area contributed by atoms with Gasteiger partial charge in [0.05, 0.1) is 10.5 Å². The van der Waals surface area contributed by atoms with E-state index in [9.17, 15) is 9.18 Å². The van der Waals surface area contributed by atoms with E-state index in [2.05, 4.69) is 21.4 Å². The number of rotatable bonds is 4. The van der Waals surface area contributed by atoms with E-state index in [0.29, 0.717) is 34.5 Å². The summed E-state index contributed by atoms with van der Waals surface area (Å²) < 4.78 is 13.8. The van der Waals surface area contributed by atoms with Gasteiger partial charge in [-0.15, -0.1) is 0 Å². The Morgan fingerprint density at radius 1 is 1.10 bits per heavy atom. The first-order valence-electron chi connectivity index (χ1n) is 10.9. The molecule has 2 heterocycles.